The van der Waals surface area contributed by atoms with Crippen molar-refractivity contribution in [3.63, 3.8) is 0 Å². The van der Waals surface area contributed by atoms with Gasteiger partial charge in [0.2, 0.25) is 15.9 Å². The van der Waals surface area contributed by atoms with Crippen molar-refractivity contribution in [3.8, 4) is 0 Å². The first-order chi connectivity index (χ1) is 20.2. The third kappa shape index (κ3) is 5.26. The molecule has 0 atom stereocenters. The fraction of sp³-hybridized carbons (Fsp3) is 0.273. The number of amides is 1. The van der Waals surface area contributed by atoms with Gasteiger partial charge in [-0.05, 0) is 66.8 Å². The fourth-order valence-corrected chi connectivity index (χ4v) is 7.29. The first kappa shape index (κ1) is 27.9. The standard InChI is InChI=1S/C33H35N5O3S/c1-36(2)29-15-7-12-27-26(29)11-8-16-31(27)42(40,41)37(3)20-19-32-35-28-13-4-5-14-30(28)38(32)22-33(39)34-25-18-17-23-9-6-10-24(23)21-25/h4-5,7-8,11-18,21H,6,9-10,19-20,22H2,1-3H3,(H,34,39). The second-order valence-corrected chi connectivity index (χ2v) is 13.1. The average Bonchev–Trinajstić information content (AvgIpc) is 3.59. The molecule has 0 saturated heterocycles. The fourth-order valence-electron chi connectivity index (χ4n) is 5.91. The Bertz CT molecular complexity index is 1910. The Labute approximate surface area is 246 Å². The number of para-hydroxylation sites is 2. The number of carbonyl (C=O) groups excluding carboxylic acids is 1. The molecule has 1 aliphatic rings. The molecule has 0 spiro atoms. The molecule has 0 fully saturated rings. The maximum Gasteiger partial charge on any atom is 0.244 e. The van der Waals surface area contributed by atoms with E-state index in [1.54, 1.807) is 19.2 Å². The van der Waals surface area contributed by atoms with Gasteiger partial charge in [-0.2, -0.15) is 0 Å². The van der Waals surface area contributed by atoms with E-state index in [0.29, 0.717) is 17.6 Å². The molecule has 0 unspecified atom stereocenters. The topological polar surface area (TPSA) is 87.5 Å². The minimum absolute atomic E-state index is 0.0834. The van der Waals surface area contributed by atoms with E-state index in [1.165, 1.54) is 15.4 Å². The number of sulfonamides is 1. The van der Waals surface area contributed by atoms with Crippen molar-refractivity contribution in [1.82, 2.24) is 13.9 Å². The summed E-state index contributed by atoms with van der Waals surface area (Å²) < 4.78 is 30.8. The highest BCUT2D eigenvalue weighted by molar-refractivity contribution is 7.89. The molecule has 42 heavy (non-hydrogen) atoms. The molecule has 9 heteroatoms. The Morgan fingerprint density at radius 3 is 2.50 bits per heavy atom. The second-order valence-electron chi connectivity index (χ2n) is 11.1. The van der Waals surface area contributed by atoms with E-state index in [1.807, 2.05) is 78.2 Å². The zero-order valence-corrected chi connectivity index (χ0v) is 25.0. The van der Waals surface area contributed by atoms with E-state index in [9.17, 15) is 13.2 Å². The molecule has 0 saturated carbocycles. The number of aryl methyl sites for hydroxylation is 2. The lowest BCUT2D eigenvalue weighted by atomic mass is 10.1. The summed E-state index contributed by atoms with van der Waals surface area (Å²) in [5.41, 5.74) is 6.02. The molecule has 4 aromatic carbocycles. The van der Waals surface area contributed by atoms with Crippen LogP contribution >= 0.6 is 0 Å². The molecule has 216 valence electrons. The molecule has 5 aromatic rings. The summed E-state index contributed by atoms with van der Waals surface area (Å²) in [5, 5.41) is 4.61. The van der Waals surface area contributed by atoms with Crippen LogP contribution in [0.25, 0.3) is 21.8 Å². The minimum atomic E-state index is -3.79. The summed E-state index contributed by atoms with van der Waals surface area (Å²) in [6, 6.07) is 24.9. The molecule has 0 radical (unpaired) electrons. The Balaban J connectivity index is 1.23. The van der Waals surface area contributed by atoms with Gasteiger partial charge in [0.25, 0.3) is 0 Å². The summed E-state index contributed by atoms with van der Waals surface area (Å²) in [4.78, 5) is 20.2. The van der Waals surface area contributed by atoms with Crippen molar-refractivity contribution >= 4 is 49.1 Å². The first-order valence-corrected chi connectivity index (χ1v) is 15.7. The lowest BCUT2D eigenvalue weighted by Gasteiger charge is -2.20. The van der Waals surface area contributed by atoms with Crippen molar-refractivity contribution in [3.05, 3.63) is 95.8 Å². The molecule has 0 aliphatic heterocycles. The largest absolute Gasteiger partial charge is 0.377 e. The van der Waals surface area contributed by atoms with Crippen molar-refractivity contribution in [2.75, 3.05) is 37.9 Å². The van der Waals surface area contributed by atoms with Crippen LogP contribution < -0.4 is 10.2 Å². The number of fused-ring (bicyclic) bond motifs is 3. The van der Waals surface area contributed by atoms with Crippen molar-refractivity contribution in [2.45, 2.75) is 37.1 Å². The van der Waals surface area contributed by atoms with E-state index < -0.39 is 10.0 Å². The number of nitrogens with one attached hydrogen (secondary N) is 1. The summed E-state index contributed by atoms with van der Waals surface area (Å²) in [6.45, 7) is 0.294. The Hall–Kier alpha value is -4.21. The highest BCUT2D eigenvalue weighted by atomic mass is 32.2. The molecule has 1 N–H and O–H groups in total. The molecule has 0 bridgehead atoms. The molecule has 1 aromatic heterocycles. The van der Waals surface area contributed by atoms with Gasteiger partial charge in [-0.15, -0.1) is 0 Å². The number of rotatable bonds is 9. The van der Waals surface area contributed by atoms with Gasteiger partial charge in [-0.3, -0.25) is 4.79 Å². The van der Waals surface area contributed by atoms with Crippen molar-refractivity contribution in [1.29, 1.82) is 0 Å². The van der Waals surface area contributed by atoms with Crippen molar-refractivity contribution < 1.29 is 13.2 Å². The SMILES string of the molecule is CN(C)c1cccc2c(S(=O)(=O)N(C)CCc3nc4ccccc4n3CC(=O)Nc3ccc4c(c3)CCC4)cccc12. The Kier molecular flexibility index (Phi) is 7.47. The predicted molar refractivity (Wildman–Crippen MR) is 169 cm³/mol. The van der Waals surface area contributed by atoms with E-state index >= 15 is 0 Å². The van der Waals surface area contributed by atoms with Crippen LogP contribution in [-0.2, 0) is 40.6 Å². The number of nitrogens with zero attached hydrogens (tertiary/aromatic N) is 4. The molecular formula is C33H35N5O3S. The number of likely N-dealkylation sites (N-methyl/N-ethyl adjacent to an activating group) is 1. The number of carbonyl (C=O) groups is 1. The lowest BCUT2D eigenvalue weighted by molar-refractivity contribution is -0.116. The summed E-state index contributed by atoms with van der Waals surface area (Å²) in [5.74, 6) is 0.515. The molecule has 6 rings (SSSR count). The van der Waals surface area contributed by atoms with Gasteiger partial charge in [-0.25, -0.2) is 17.7 Å². The van der Waals surface area contributed by atoms with Crippen LogP contribution in [0, 0.1) is 0 Å². The summed E-state index contributed by atoms with van der Waals surface area (Å²) in [6.07, 6.45) is 3.64. The monoisotopic (exact) mass is 581 g/mol. The maximum absolute atomic E-state index is 13.8. The summed E-state index contributed by atoms with van der Waals surface area (Å²) >= 11 is 0. The van der Waals surface area contributed by atoms with Crippen LogP contribution in [0.4, 0.5) is 11.4 Å². The van der Waals surface area contributed by atoms with Crippen LogP contribution in [0.5, 0.6) is 0 Å². The predicted octanol–water partition coefficient (Wildman–Crippen LogP) is 5.25. The zero-order valence-electron chi connectivity index (χ0n) is 24.2. The summed E-state index contributed by atoms with van der Waals surface area (Å²) in [7, 11) is 1.69. The number of hydrogen-bond acceptors (Lipinski definition) is 5. The smallest absolute Gasteiger partial charge is 0.244 e. The Morgan fingerprint density at radius 2 is 1.67 bits per heavy atom. The highest BCUT2D eigenvalue weighted by Crippen LogP contribution is 2.31. The highest BCUT2D eigenvalue weighted by Gasteiger charge is 2.25. The van der Waals surface area contributed by atoms with Gasteiger partial charge in [0, 0.05) is 56.3 Å². The average molecular weight is 582 g/mol. The second kappa shape index (κ2) is 11.2. The lowest BCUT2D eigenvalue weighted by Crippen LogP contribution is -2.30. The molecule has 1 heterocycles. The zero-order chi connectivity index (χ0) is 29.4. The van der Waals surface area contributed by atoms with Gasteiger partial charge < -0.3 is 14.8 Å². The van der Waals surface area contributed by atoms with Crippen molar-refractivity contribution in [2.24, 2.45) is 0 Å². The normalized spacial score (nSPS) is 13.1. The Morgan fingerprint density at radius 1 is 0.905 bits per heavy atom. The molecule has 1 amide bonds. The van der Waals surface area contributed by atoms with Gasteiger partial charge in [0.1, 0.15) is 12.4 Å². The van der Waals surface area contributed by atoms with Gasteiger partial charge in [0.05, 0.1) is 15.9 Å². The molecular weight excluding hydrogens is 546 g/mol. The molecule has 1 aliphatic carbocycles. The van der Waals surface area contributed by atoms with Crippen LogP contribution in [-0.4, -0.2) is 55.9 Å². The minimum Gasteiger partial charge on any atom is -0.377 e. The number of hydrogen-bond donors (Lipinski definition) is 1. The van der Waals surface area contributed by atoms with Crippen LogP contribution in [0.3, 0.4) is 0 Å². The number of anilines is 2. The van der Waals surface area contributed by atoms with E-state index in [4.69, 9.17) is 4.98 Å². The van der Waals surface area contributed by atoms with Gasteiger partial charge >= 0.3 is 0 Å². The van der Waals surface area contributed by atoms with Crippen LogP contribution in [0.2, 0.25) is 0 Å². The molecule has 8 nitrogen and oxygen atoms in total. The van der Waals surface area contributed by atoms with Crippen LogP contribution in [0.15, 0.2) is 83.8 Å². The van der Waals surface area contributed by atoms with Crippen LogP contribution in [0.1, 0.15) is 23.4 Å². The number of aromatic nitrogens is 2. The third-order valence-electron chi connectivity index (χ3n) is 8.10. The number of imidazole rings is 1. The van der Waals surface area contributed by atoms with E-state index in [0.717, 1.165) is 47.1 Å². The first-order valence-electron chi connectivity index (χ1n) is 14.2. The third-order valence-corrected chi connectivity index (χ3v) is 10.0. The van der Waals surface area contributed by atoms with Gasteiger partial charge in [0.15, 0.2) is 0 Å². The number of benzene rings is 4. The van der Waals surface area contributed by atoms with Gasteiger partial charge in [-0.1, -0.05) is 42.5 Å². The quantitative estimate of drug-likeness (QED) is 0.257. The van der Waals surface area contributed by atoms with E-state index in [2.05, 4.69) is 17.4 Å². The maximum atomic E-state index is 13.8. The van der Waals surface area contributed by atoms with E-state index in [-0.39, 0.29) is 23.9 Å².